The van der Waals surface area contributed by atoms with Crippen molar-refractivity contribution in [2.45, 2.75) is 11.3 Å². The highest BCUT2D eigenvalue weighted by molar-refractivity contribution is 7.86. The molecule has 11 nitrogen and oxygen atoms in total. The molecule has 3 aromatic carbocycles. The fraction of sp³-hybridized carbons (Fsp3) is 0.200. The van der Waals surface area contributed by atoms with Crippen molar-refractivity contribution < 1.29 is 36.2 Å². The fourth-order valence-corrected chi connectivity index (χ4v) is 5.75. The number of rotatable bonds is 10. The van der Waals surface area contributed by atoms with Crippen molar-refractivity contribution in [1.82, 2.24) is 15.2 Å². The summed E-state index contributed by atoms with van der Waals surface area (Å²) in [5.74, 6) is -1.78. The summed E-state index contributed by atoms with van der Waals surface area (Å²) in [6.07, 6.45) is 0.346. The highest BCUT2D eigenvalue weighted by Crippen LogP contribution is 2.42. The first-order valence-corrected chi connectivity index (χ1v) is 16.3. The molecule has 0 aromatic heterocycles. The van der Waals surface area contributed by atoms with E-state index in [1.54, 1.807) is 6.07 Å². The zero-order valence-electron chi connectivity index (χ0n) is 26.7. The van der Waals surface area contributed by atoms with Crippen molar-refractivity contribution in [3.05, 3.63) is 101 Å². The van der Waals surface area contributed by atoms with Crippen molar-refractivity contribution in [1.29, 1.82) is 0 Å². The number of fused-ring (bicyclic) bond motifs is 2. The third-order valence-corrected chi connectivity index (χ3v) is 8.69. The van der Waals surface area contributed by atoms with Gasteiger partial charge in [-0.15, -0.1) is 3.89 Å². The first-order chi connectivity index (χ1) is 22.7. The second-order valence-electron chi connectivity index (χ2n) is 11.6. The van der Waals surface area contributed by atoms with Crippen LogP contribution in [0.4, 0.5) is 9.57 Å². The number of hydrogen-bond donors (Lipinski definition) is 3. The highest BCUT2D eigenvalue weighted by atomic mass is 32.3. The van der Waals surface area contributed by atoms with Gasteiger partial charge in [0.05, 0.1) is 23.1 Å². The minimum atomic E-state index is -4.79. The van der Waals surface area contributed by atoms with Crippen LogP contribution in [0.15, 0.2) is 88.2 Å². The van der Waals surface area contributed by atoms with Gasteiger partial charge in [0, 0.05) is 60.5 Å². The molecule has 0 spiro atoms. The van der Waals surface area contributed by atoms with Gasteiger partial charge >= 0.3 is 16.2 Å². The molecule has 0 radical (unpaired) electrons. The van der Waals surface area contributed by atoms with E-state index in [2.05, 4.69) is 10.6 Å². The largest absolute Gasteiger partial charge is 0.478 e. The third-order valence-electron chi connectivity index (χ3n) is 7.85. The number of aromatic carboxylic acids is 1. The lowest BCUT2D eigenvalue weighted by molar-refractivity contribution is -0.120. The molecule has 3 N–H and O–H groups in total. The summed E-state index contributed by atoms with van der Waals surface area (Å²) in [5.41, 5.74) is 3.85. The molecule has 3 aromatic rings. The van der Waals surface area contributed by atoms with Crippen molar-refractivity contribution in [3.8, 4) is 22.5 Å². The van der Waals surface area contributed by atoms with Crippen molar-refractivity contribution in [2.75, 3.05) is 46.2 Å². The van der Waals surface area contributed by atoms with Crippen LogP contribution in [-0.2, 0) is 21.4 Å². The number of carbonyl (C=O) groups is 3. The van der Waals surface area contributed by atoms with Gasteiger partial charge < -0.3 is 25.1 Å². The smallest absolute Gasteiger partial charge is 0.336 e. The molecular weight excluding hydrogens is 639 g/mol. The van der Waals surface area contributed by atoms with E-state index < -0.39 is 32.9 Å². The Hall–Kier alpha value is -5.56. The van der Waals surface area contributed by atoms with E-state index in [4.69, 9.17) is 4.42 Å². The lowest BCUT2D eigenvalue weighted by Crippen LogP contribution is -2.37. The number of carboxylic acid groups (broad SMARTS) is 1. The van der Waals surface area contributed by atoms with Crippen molar-refractivity contribution >= 4 is 44.7 Å². The maximum absolute atomic E-state index is 13.1. The van der Waals surface area contributed by atoms with Crippen LogP contribution >= 0.6 is 0 Å². The number of carboxylic acids is 1. The summed E-state index contributed by atoms with van der Waals surface area (Å²) < 4.78 is 43.3. The molecule has 0 unspecified atom stereocenters. The van der Waals surface area contributed by atoms with Crippen LogP contribution in [0.3, 0.4) is 0 Å². The fourth-order valence-electron chi connectivity index (χ4n) is 5.28. The van der Waals surface area contributed by atoms with Gasteiger partial charge in [0.2, 0.25) is 11.3 Å². The normalized spacial score (nSPS) is 11.4. The Morgan fingerprint density at radius 2 is 1.60 bits per heavy atom. The van der Waals surface area contributed by atoms with Crippen molar-refractivity contribution in [2.24, 2.45) is 0 Å². The second kappa shape index (κ2) is 13.7. The molecule has 5 rings (SSSR count). The van der Waals surface area contributed by atoms with E-state index >= 15 is 0 Å². The maximum atomic E-state index is 13.1. The number of benzene rings is 4. The van der Waals surface area contributed by atoms with Gasteiger partial charge in [-0.1, -0.05) is 18.2 Å². The molecule has 48 heavy (non-hydrogen) atoms. The summed E-state index contributed by atoms with van der Waals surface area (Å²) in [5, 5.41) is 17.1. The average Bonchev–Trinajstić information content (AvgIpc) is 3.05. The molecule has 1 aliphatic heterocycles. The van der Waals surface area contributed by atoms with Crippen LogP contribution < -0.4 is 25.5 Å². The van der Waals surface area contributed by atoms with E-state index in [0.717, 1.165) is 23.2 Å². The Morgan fingerprint density at radius 3 is 2.25 bits per heavy atom. The summed E-state index contributed by atoms with van der Waals surface area (Å²) in [6.45, 7) is -0.175. The summed E-state index contributed by atoms with van der Waals surface area (Å²) in [7, 11) is 2.86. The van der Waals surface area contributed by atoms with Crippen LogP contribution in [0.25, 0.3) is 33.4 Å². The number of nitrogens with one attached hydrogen (secondary N) is 2. The molecule has 0 saturated heterocycles. The maximum Gasteiger partial charge on any atom is 0.336 e. The van der Waals surface area contributed by atoms with Crippen LogP contribution in [0, 0.1) is 0 Å². The van der Waals surface area contributed by atoms with Gasteiger partial charge in [0.15, 0.2) is 0 Å². The van der Waals surface area contributed by atoms with Crippen LogP contribution in [-0.4, -0.2) is 72.6 Å². The zero-order valence-corrected chi connectivity index (χ0v) is 27.5. The Morgan fingerprint density at radius 1 is 0.896 bits per heavy atom. The van der Waals surface area contributed by atoms with E-state index in [9.17, 15) is 31.8 Å². The van der Waals surface area contributed by atoms with Gasteiger partial charge in [-0.2, -0.15) is 8.42 Å². The third kappa shape index (κ3) is 7.36. The molecule has 2 aliphatic rings. The molecule has 248 valence electrons. The average molecular weight is 674 g/mol. The van der Waals surface area contributed by atoms with Crippen LogP contribution in [0.1, 0.15) is 26.3 Å². The summed E-state index contributed by atoms with van der Waals surface area (Å²) in [6, 6.07) is 21.0. The minimum Gasteiger partial charge on any atom is -0.478 e. The first kappa shape index (κ1) is 33.8. The van der Waals surface area contributed by atoms with Gasteiger partial charge in [-0.25, -0.2) is 9.37 Å². The van der Waals surface area contributed by atoms with Crippen LogP contribution in [0.5, 0.6) is 0 Å². The molecule has 0 saturated carbocycles. The van der Waals surface area contributed by atoms with Crippen LogP contribution in [0.2, 0.25) is 0 Å². The second-order valence-corrected chi connectivity index (χ2v) is 12.9. The molecule has 13 heteroatoms. The molecule has 0 bridgehead atoms. The molecule has 0 fully saturated rings. The number of nitrogens with zero attached hydrogens (tertiary/aromatic N) is 2. The van der Waals surface area contributed by atoms with E-state index in [0.29, 0.717) is 45.4 Å². The van der Waals surface area contributed by atoms with E-state index in [1.807, 2.05) is 74.1 Å². The number of anilines is 1. The zero-order chi connectivity index (χ0) is 34.7. The van der Waals surface area contributed by atoms with E-state index in [1.165, 1.54) is 24.3 Å². The van der Waals surface area contributed by atoms with Gasteiger partial charge in [0.1, 0.15) is 25.4 Å². The highest BCUT2D eigenvalue weighted by Gasteiger charge is 2.24. The molecular formula is C35H34FN4O7S+. The molecule has 1 heterocycles. The lowest BCUT2D eigenvalue weighted by Gasteiger charge is -2.19. The number of carbonyl (C=O) groups excluding carboxylic acids is 2. The molecule has 0 atom stereocenters. The Balaban J connectivity index is 1.38. The lowest BCUT2D eigenvalue weighted by atomic mass is 9.89. The Labute approximate surface area is 276 Å². The summed E-state index contributed by atoms with van der Waals surface area (Å²) in [4.78, 5) is 39.5. The standard InChI is InChI=1S/C35H33FN4O7S/c1-39(2)23-8-13-27-30(18-23)47-31-19-24(40(3)4)9-14-28(31)33(27)26-12-7-22(17-29(26)35(43)44)34(42)38-20-32(41)37-16-15-21-5-10-25(11-6-21)48(36,45)46/h5-14,17-19H,15-16,20H2,1-4H3,(H2-,37,38,41,42,43,44)/p+1. The number of halogens is 1. The molecule has 1 aliphatic carbocycles. The number of hydrogen-bond acceptors (Lipinski definition) is 7. The van der Waals surface area contributed by atoms with Gasteiger partial charge in [-0.3, -0.25) is 9.59 Å². The number of amides is 2. The van der Waals surface area contributed by atoms with Crippen molar-refractivity contribution in [3.63, 3.8) is 0 Å². The van der Waals surface area contributed by atoms with Gasteiger partial charge in [-0.05, 0) is 60.0 Å². The quantitative estimate of drug-likeness (QED) is 0.115. The molecule has 2 amide bonds. The summed E-state index contributed by atoms with van der Waals surface area (Å²) >= 11 is 0. The Bertz CT molecular complexity index is 2210. The van der Waals surface area contributed by atoms with Gasteiger partial charge in [0.25, 0.3) is 5.91 Å². The Kier molecular flexibility index (Phi) is 9.62. The predicted octanol–water partition coefficient (Wildman–Crippen LogP) is 3.75. The topological polar surface area (TPSA) is 149 Å². The van der Waals surface area contributed by atoms with E-state index in [-0.39, 0.29) is 24.2 Å². The monoisotopic (exact) mass is 673 g/mol. The SMILES string of the molecule is CN(C)c1ccc2c(-c3ccc(C(=O)NCC(=O)NCCc4ccc(S(=O)(=O)F)cc4)cc3C(=O)O)c3ccc(=[N+](C)C)cc-3oc2c1. The minimum absolute atomic E-state index is 0.0610. The predicted molar refractivity (Wildman–Crippen MR) is 180 cm³/mol. The first-order valence-electron chi connectivity index (χ1n) is 14.9.